The number of carbonyl (C=O) groups is 2. The fraction of sp³-hybridized carbons (Fsp3) is 0.407. The van der Waals surface area contributed by atoms with Crippen molar-refractivity contribution in [3.05, 3.63) is 69.3 Å². The van der Waals surface area contributed by atoms with Gasteiger partial charge in [0, 0.05) is 33.5 Å². The molecule has 0 bridgehead atoms. The molecule has 174 valence electrons. The number of nitrogens with zero attached hydrogens (tertiary/aromatic N) is 1. The maximum atomic E-state index is 13.6. The fourth-order valence-corrected chi connectivity index (χ4v) is 5.20. The molecular weight excluding hydrogens is 480 g/mol. The SMILES string of the molecule is CC(C)c1ccc(Cn2c(C(=O)NC3CCCCC3)c(CC(=O)O)c3cc(Br)ccc32)cc1. The first-order valence-electron chi connectivity index (χ1n) is 11.8. The number of nitrogens with one attached hydrogen (secondary N) is 1. The normalized spacial score (nSPS) is 14.7. The van der Waals surface area contributed by atoms with Crippen molar-refractivity contribution < 1.29 is 14.7 Å². The number of aliphatic carboxylic acids is 1. The molecule has 0 saturated heterocycles. The molecule has 1 heterocycles. The van der Waals surface area contributed by atoms with Gasteiger partial charge in [0.2, 0.25) is 0 Å². The lowest BCUT2D eigenvalue weighted by molar-refractivity contribution is -0.136. The lowest BCUT2D eigenvalue weighted by Crippen LogP contribution is -2.37. The largest absolute Gasteiger partial charge is 0.481 e. The minimum atomic E-state index is -0.943. The van der Waals surface area contributed by atoms with Gasteiger partial charge in [-0.2, -0.15) is 0 Å². The van der Waals surface area contributed by atoms with E-state index in [1.807, 2.05) is 22.8 Å². The zero-order valence-electron chi connectivity index (χ0n) is 19.2. The molecule has 1 amide bonds. The molecule has 4 rings (SSSR count). The molecule has 1 fully saturated rings. The Morgan fingerprint density at radius 1 is 1.09 bits per heavy atom. The summed E-state index contributed by atoms with van der Waals surface area (Å²) in [4.78, 5) is 25.4. The van der Waals surface area contributed by atoms with Crippen LogP contribution in [-0.2, 0) is 17.8 Å². The van der Waals surface area contributed by atoms with Gasteiger partial charge < -0.3 is 15.0 Å². The first-order chi connectivity index (χ1) is 15.8. The number of carboxylic acid groups (broad SMARTS) is 1. The number of amides is 1. The van der Waals surface area contributed by atoms with Crippen molar-refractivity contribution in [2.75, 3.05) is 0 Å². The highest BCUT2D eigenvalue weighted by Gasteiger charge is 2.26. The molecule has 0 radical (unpaired) electrons. The zero-order chi connectivity index (χ0) is 23.5. The van der Waals surface area contributed by atoms with E-state index < -0.39 is 5.97 Å². The van der Waals surface area contributed by atoms with E-state index in [0.717, 1.165) is 46.6 Å². The number of hydrogen-bond acceptors (Lipinski definition) is 2. The first kappa shape index (κ1) is 23.6. The van der Waals surface area contributed by atoms with Gasteiger partial charge in [0.15, 0.2) is 0 Å². The lowest BCUT2D eigenvalue weighted by atomic mass is 9.95. The van der Waals surface area contributed by atoms with Gasteiger partial charge in [-0.3, -0.25) is 9.59 Å². The summed E-state index contributed by atoms with van der Waals surface area (Å²) in [6.07, 6.45) is 5.19. The van der Waals surface area contributed by atoms with Crippen LogP contribution >= 0.6 is 15.9 Å². The zero-order valence-corrected chi connectivity index (χ0v) is 20.8. The Morgan fingerprint density at radius 3 is 2.42 bits per heavy atom. The van der Waals surface area contributed by atoms with E-state index in [1.165, 1.54) is 12.0 Å². The van der Waals surface area contributed by atoms with Crippen LogP contribution in [0, 0.1) is 0 Å². The summed E-state index contributed by atoms with van der Waals surface area (Å²) in [6.45, 7) is 4.83. The molecule has 5 nitrogen and oxygen atoms in total. The Kier molecular flexibility index (Phi) is 7.23. The van der Waals surface area contributed by atoms with E-state index in [2.05, 4.69) is 59.4 Å². The fourth-order valence-electron chi connectivity index (χ4n) is 4.84. The van der Waals surface area contributed by atoms with Crippen molar-refractivity contribution in [3.8, 4) is 0 Å². The molecule has 1 aliphatic carbocycles. The van der Waals surface area contributed by atoms with Crippen LogP contribution in [0.1, 0.15) is 79.0 Å². The van der Waals surface area contributed by atoms with Crippen molar-refractivity contribution in [2.45, 2.75) is 70.9 Å². The van der Waals surface area contributed by atoms with E-state index in [1.54, 1.807) is 0 Å². The number of rotatable bonds is 7. The van der Waals surface area contributed by atoms with Gasteiger partial charge in [-0.05, 0) is 48.1 Å². The minimum Gasteiger partial charge on any atom is -0.481 e. The number of aromatic nitrogens is 1. The Bertz CT molecular complexity index is 1160. The first-order valence-corrected chi connectivity index (χ1v) is 12.5. The number of hydrogen-bond donors (Lipinski definition) is 2. The number of fused-ring (bicyclic) bond motifs is 1. The van der Waals surface area contributed by atoms with Crippen LogP contribution in [0.2, 0.25) is 0 Å². The van der Waals surface area contributed by atoms with Crippen LogP contribution in [-0.4, -0.2) is 27.6 Å². The lowest BCUT2D eigenvalue weighted by Gasteiger charge is -2.23. The molecule has 0 atom stereocenters. The molecule has 0 unspecified atom stereocenters. The molecule has 2 aromatic carbocycles. The second-order valence-electron chi connectivity index (χ2n) is 9.35. The third-order valence-electron chi connectivity index (χ3n) is 6.60. The molecule has 33 heavy (non-hydrogen) atoms. The van der Waals surface area contributed by atoms with Crippen molar-refractivity contribution in [3.63, 3.8) is 0 Å². The van der Waals surface area contributed by atoms with Crippen LogP contribution in [0.3, 0.4) is 0 Å². The van der Waals surface area contributed by atoms with E-state index in [9.17, 15) is 14.7 Å². The Labute approximate surface area is 203 Å². The van der Waals surface area contributed by atoms with E-state index >= 15 is 0 Å². The predicted octanol–water partition coefficient (Wildman–Crippen LogP) is 6.27. The van der Waals surface area contributed by atoms with Crippen molar-refractivity contribution >= 4 is 38.7 Å². The van der Waals surface area contributed by atoms with Crippen LogP contribution in [0.15, 0.2) is 46.9 Å². The highest BCUT2D eigenvalue weighted by molar-refractivity contribution is 9.10. The molecule has 6 heteroatoms. The quantitative estimate of drug-likeness (QED) is 0.393. The van der Waals surface area contributed by atoms with Gasteiger partial charge in [0.25, 0.3) is 5.91 Å². The molecule has 0 aliphatic heterocycles. The van der Waals surface area contributed by atoms with Gasteiger partial charge >= 0.3 is 5.97 Å². The highest BCUT2D eigenvalue weighted by Crippen LogP contribution is 2.31. The summed E-state index contributed by atoms with van der Waals surface area (Å²) < 4.78 is 2.85. The topological polar surface area (TPSA) is 71.3 Å². The number of carboxylic acids is 1. The monoisotopic (exact) mass is 510 g/mol. The summed E-state index contributed by atoms with van der Waals surface area (Å²) in [5, 5.41) is 13.7. The van der Waals surface area contributed by atoms with E-state index in [4.69, 9.17) is 0 Å². The van der Waals surface area contributed by atoms with Gasteiger partial charge in [-0.25, -0.2) is 0 Å². The summed E-state index contributed by atoms with van der Waals surface area (Å²) in [5.74, 6) is -0.672. The molecule has 0 spiro atoms. The van der Waals surface area contributed by atoms with Crippen molar-refractivity contribution in [2.24, 2.45) is 0 Å². The number of halogens is 1. The molecular formula is C27H31BrN2O3. The van der Waals surface area contributed by atoms with E-state index in [-0.39, 0.29) is 18.4 Å². The third-order valence-corrected chi connectivity index (χ3v) is 7.09. The van der Waals surface area contributed by atoms with Gasteiger partial charge in [0.05, 0.1) is 6.42 Å². The third kappa shape index (κ3) is 5.32. The Balaban J connectivity index is 1.80. The van der Waals surface area contributed by atoms with Crippen LogP contribution in [0.5, 0.6) is 0 Å². The van der Waals surface area contributed by atoms with Gasteiger partial charge in [0.1, 0.15) is 5.69 Å². The smallest absolute Gasteiger partial charge is 0.307 e. The summed E-state index contributed by atoms with van der Waals surface area (Å²) in [6, 6.07) is 14.4. The highest BCUT2D eigenvalue weighted by atomic mass is 79.9. The van der Waals surface area contributed by atoms with Crippen molar-refractivity contribution in [1.29, 1.82) is 0 Å². The minimum absolute atomic E-state index is 0.146. The van der Waals surface area contributed by atoms with Gasteiger partial charge in [-0.15, -0.1) is 0 Å². The summed E-state index contributed by atoms with van der Waals surface area (Å²) in [7, 11) is 0. The Hall–Kier alpha value is -2.60. The summed E-state index contributed by atoms with van der Waals surface area (Å²) in [5.41, 5.74) is 4.25. The van der Waals surface area contributed by atoms with Crippen LogP contribution in [0.4, 0.5) is 0 Å². The standard InChI is InChI=1S/C27H31BrN2O3/c1-17(2)19-10-8-18(9-11-19)16-30-24-13-12-20(28)14-22(24)23(15-25(31)32)26(30)27(33)29-21-6-4-3-5-7-21/h8-14,17,21H,3-7,15-16H2,1-2H3,(H,29,33)(H,31,32). The average Bonchev–Trinajstić information content (AvgIpc) is 3.06. The maximum absolute atomic E-state index is 13.6. The number of benzene rings is 2. The van der Waals surface area contributed by atoms with Crippen molar-refractivity contribution in [1.82, 2.24) is 9.88 Å². The maximum Gasteiger partial charge on any atom is 0.307 e. The average molecular weight is 511 g/mol. The van der Waals surface area contributed by atoms with E-state index in [0.29, 0.717) is 23.7 Å². The predicted molar refractivity (Wildman–Crippen MR) is 135 cm³/mol. The Morgan fingerprint density at radius 2 is 1.79 bits per heavy atom. The molecule has 3 aromatic rings. The molecule has 1 aromatic heterocycles. The molecule has 1 aliphatic rings. The second kappa shape index (κ2) is 10.1. The number of carbonyl (C=O) groups excluding carboxylic acids is 1. The summed E-state index contributed by atoms with van der Waals surface area (Å²) >= 11 is 3.51. The van der Waals surface area contributed by atoms with Gasteiger partial charge in [-0.1, -0.05) is 73.3 Å². The second-order valence-corrected chi connectivity index (χ2v) is 10.3. The molecule has 2 N–H and O–H groups in total. The van der Waals surface area contributed by atoms with Crippen LogP contribution < -0.4 is 5.32 Å². The van der Waals surface area contributed by atoms with Crippen LogP contribution in [0.25, 0.3) is 10.9 Å². The molecule has 1 saturated carbocycles.